The van der Waals surface area contributed by atoms with Crippen LogP contribution in [-0.4, -0.2) is 53.1 Å². The lowest BCUT2D eigenvalue weighted by Gasteiger charge is -2.33. The molecule has 1 amide bonds. The predicted molar refractivity (Wildman–Crippen MR) is 89.8 cm³/mol. The van der Waals surface area contributed by atoms with Crippen molar-refractivity contribution in [1.29, 1.82) is 0 Å². The Hall–Kier alpha value is -2.55. The highest BCUT2D eigenvalue weighted by Crippen LogP contribution is 2.21. The number of halogens is 2. The van der Waals surface area contributed by atoms with E-state index in [9.17, 15) is 13.6 Å². The van der Waals surface area contributed by atoms with E-state index in [0.717, 1.165) is 13.0 Å². The molecule has 1 saturated heterocycles. The zero-order valence-electron chi connectivity index (χ0n) is 14.0. The molecule has 1 aromatic carbocycles. The summed E-state index contributed by atoms with van der Waals surface area (Å²) in [5.41, 5.74) is 6.36. The third-order valence-electron chi connectivity index (χ3n) is 4.12. The van der Waals surface area contributed by atoms with E-state index in [1.54, 1.807) is 6.07 Å². The normalized spacial score (nSPS) is 18.2. The van der Waals surface area contributed by atoms with E-state index in [0.29, 0.717) is 30.6 Å². The van der Waals surface area contributed by atoms with Gasteiger partial charge in [-0.3, -0.25) is 9.69 Å². The summed E-state index contributed by atoms with van der Waals surface area (Å²) in [7, 11) is 0. The summed E-state index contributed by atoms with van der Waals surface area (Å²) in [4.78, 5) is 21.9. The van der Waals surface area contributed by atoms with E-state index >= 15 is 0 Å². The highest BCUT2D eigenvalue weighted by atomic mass is 19.3. The summed E-state index contributed by atoms with van der Waals surface area (Å²) in [5, 5.41) is 0. The number of alkyl halides is 2. The van der Waals surface area contributed by atoms with Gasteiger partial charge in [-0.25, -0.2) is 9.97 Å². The minimum atomic E-state index is -2.90. The molecule has 9 heteroatoms. The second-order valence-corrected chi connectivity index (χ2v) is 5.85. The van der Waals surface area contributed by atoms with Gasteiger partial charge in [-0.2, -0.15) is 8.78 Å². The van der Waals surface area contributed by atoms with Crippen molar-refractivity contribution in [2.75, 3.05) is 19.7 Å². The number of carbonyl (C=O) groups is 1. The van der Waals surface area contributed by atoms with Crippen molar-refractivity contribution in [3.8, 4) is 11.6 Å². The first-order chi connectivity index (χ1) is 12.5. The van der Waals surface area contributed by atoms with Gasteiger partial charge < -0.3 is 15.2 Å². The maximum absolute atomic E-state index is 12.3. The number of benzene rings is 1. The summed E-state index contributed by atoms with van der Waals surface area (Å²) in [6.07, 6.45) is 5.05. The predicted octanol–water partition coefficient (Wildman–Crippen LogP) is 1.76. The molecule has 7 nitrogen and oxygen atoms in total. The van der Waals surface area contributed by atoms with Gasteiger partial charge in [0.15, 0.2) is 0 Å². The number of aromatic nitrogens is 2. The highest BCUT2D eigenvalue weighted by molar-refractivity contribution is 5.80. The zero-order valence-corrected chi connectivity index (χ0v) is 14.0. The summed E-state index contributed by atoms with van der Waals surface area (Å²) in [6.45, 7) is -1.33. The molecule has 1 radical (unpaired) electrons. The van der Waals surface area contributed by atoms with Gasteiger partial charge in [-0.1, -0.05) is 0 Å². The molecule has 0 saturated carbocycles. The van der Waals surface area contributed by atoms with Crippen molar-refractivity contribution in [3.63, 3.8) is 0 Å². The molecule has 1 aromatic heterocycles. The van der Waals surface area contributed by atoms with Crippen molar-refractivity contribution in [2.45, 2.75) is 25.5 Å². The van der Waals surface area contributed by atoms with Gasteiger partial charge >= 0.3 is 6.61 Å². The fourth-order valence-electron chi connectivity index (χ4n) is 2.89. The second kappa shape index (κ2) is 8.22. The fraction of sp³-hybridized carbons (Fsp3) is 0.412. The van der Waals surface area contributed by atoms with Crippen molar-refractivity contribution >= 4 is 16.9 Å². The molecule has 2 heterocycles. The van der Waals surface area contributed by atoms with Crippen molar-refractivity contribution in [3.05, 3.63) is 30.8 Å². The van der Waals surface area contributed by atoms with Gasteiger partial charge in [0.25, 0.3) is 0 Å². The fourth-order valence-corrected chi connectivity index (χ4v) is 2.89. The Morgan fingerprint density at radius 2 is 2.23 bits per heavy atom. The maximum atomic E-state index is 12.3. The monoisotopic (exact) mass is 365 g/mol. The molecule has 1 fully saturated rings. The summed E-state index contributed by atoms with van der Waals surface area (Å²) in [6, 6.07) is 4.02. The quantitative estimate of drug-likeness (QED) is 0.804. The van der Waals surface area contributed by atoms with Crippen LogP contribution in [0.3, 0.4) is 0 Å². The van der Waals surface area contributed by atoms with E-state index in [2.05, 4.69) is 21.1 Å². The van der Waals surface area contributed by atoms with Crippen LogP contribution in [0.1, 0.15) is 12.8 Å². The van der Waals surface area contributed by atoms with Gasteiger partial charge in [-0.15, -0.1) is 0 Å². The largest absolute Gasteiger partial charge is 0.475 e. The molecule has 2 N–H and O–H groups in total. The number of amides is 1. The Morgan fingerprint density at radius 3 is 3.00 bits per heavy atom. The summed E-state index contributed by atoms with van der Waals surface area (Å²) in [5.74, 6) is -0.0725. The molecule has 2 aromatic rings. The Bertz CT molecular complexity index is 775. The number of ether oxygens (including phenoxy) is 2. The van der Waals surface area contributed by atoms with E-state index in [-0.39, 0.29) is 23.6 Å². The Balaban J connectivity index is 1.62. The number of hydrogen-bond acceptors (Lipinski definition) is 6. The molecule has 3 rings (SSSR count). The van der Waals surface area contributed by atoms with Crippen LogP contribution >= 0.6 is 0 Å². The number of primary amides is 1. The number of likely N-dealkylation sites (tertiary alicyclic amines) is 1. The van der Waals surface area contributed by atoms with Crippen LogP contribution in [0.2, 0.25) is 0 Å². The minimum Gasteiger partial charge on any atom is -0.475 e. The Labute approximate surface area is 149 Å². The molecular formula is C17H19F2N4O3. The number of carbonyl (C=O) groups excluding carboxylic acids is 1. The van der Waals surface area contributed by atoms with Gasteiger partial charge in [0.2, 0.25) is 11.8 Å². The van der Waals surface area contributed by atoms with E-state index in [1.165, 1.54) is 18.3 Å². The van der Waals surface area contributed by atoms with Crippen LogP contribution in [0.5, 0.6) is 11.6 Å². The molecule has 1 aliphatic heterocycles. The van der Waals surface area contributed by atoms with Gasteiger partial charge in [0.1, 0.15) is 12.4 Å². The lowest BCUT2D eigenvalue weighted by molar-refractivity contribution is -0.123. The van der Waals surface area contributed by atoms with Crippen LogP contribution in [0.4, 0.5) is 8.78 Å². The first kappa shape index (κ1) is 18.2. The molecule has 1 unspecified atom stereocenters. The van der Waals surface area contributed by atoms with E-state index in [4.69, 9.17) is 10.5 Å². The lowest BCUT2D eigenvalue weighted by atomic mass is 10.0. The second-order valence-electron chi connectivity index (χ2n) is 5.85. The minimum absolute atomic E-state index is 0.00724. The Morgan fingerprint density at radius 1 is 1.38 bits per heavy atom. The number of fused-ring (bicyclic) bond motifs is 1. The maximum Gasteiger partial charge on any atom is 0.387 e. The van der Waals surface area contributed by atoms with Crippen molar-refractivity contribution in [1.82, 2.24) is 14.9 Å². The number of hydrogen-bond donors (Lipinski definition) is 1. The SMILES string of the molecule is NC(=O)C1C[CH]CCN1CCOc1cnc2ccc(OC(F)F)cc2n1. The number of nitrogens with two attached hydrogens (primary N) is 1. The molecular weight excluding hydrogens is 346 g/mol. The van der Waals surface area contributed by atoms with Crippen LogP contribution in [0, 0.1) is 6.42 Å². The first-order valence-electron chi connectivity index (χ1n) is 8.22. The number of piperidine rings is 1. The topological polar surface area (TPSA) is 90.6 Å². The average molecular weight is 365 g/mol. The molecule has 1 atom stereocenters. The molecule has 0 aliphatic carbocycles. The molecule has 1 aliphatic rings. The summed E-state index contributed by atoms with van der Waals surface area (Å²) < 4.78 is 34.6. The standard InChI is InChI=1S/C17H19F2N4O3/c18-17(19)26-11-4-5-12-13(9-11)22-15(10-21-12)25-8-7-23-6-2-1-3-14(23)16(20)24/h1,4-5,9-10,14,17H,2-3,6-8H2,(H2,20,24). The van der Waals surface area contributed by atoms with E-state index in [1.807, 2.05) is 4.90 Å². The van der Waals surface area contributed by atoms with E-state index < -0.39 is 6.61 Å². The molecule has 26 heavy (non-hydrogen) atoms. The van der Waals surface area contributed by atoms with Crippen LogP contribution in [0.25, 0.3) is 11.0 Å². The Kier molecular flexibility index (Phi) is 5.77. The average Bonchev–Trinajstić information content (AvgIpc) is 2.61. The zero-order chi connectivity index (χ0) is 18.5. The number of nitrogens with zero attached hydrogens (tertiary/aromatic N) is 3. The van der Waals surface area contributed by atoms with Crippen LogP contribution in [-0.2, 0) is 4.79 Å². The van der Waals surface area contributed by atoms with Crippen molar-refractivity contribution < 1.29 is 23.0 Å². The highest BCUT2D eigenvalue weighted by Gasteiger charge is 2.26. The third-order valence-corrected chi connectivity index (χ3v) is 4.12. The first-order valence-corrected chi connectivity index (χ1v) is 8.22. The lowest BCUT2D eigenvalue weighted by Crippen LogP contribution is -2.49. The molecule has 0 spiro atoms. The molecule has 139 valence electrons. The van der Waals surface area contributed by atoms with Gasteiger partial charge in [-0.05, 0) is 37.9 Å². The van der Waals surface area contributed by atoms with Gasteiger partial charge in [0.05, 0.1) is 23.3 Å². The smallest absolute Gasteiger partial charge is 0.387 e. The van der Waals surface area contributed by atoms with Gasteiger partial charge in [0, 0.05) is 12.6 Å². The van der Waals surface area contributed by atoms with Crippen LogP contribution < -0.4 is 15.2 Å². The van der Waals surface area contributed by atoms with Crippen molar-refractivity contribution in [2.24, 2.45) is 5.73 Å². The third kappa shape index (κ3) is 4.54. The summed E-state index contributed by atoms with van der Waals surface area (Å²) >= 11 is 0. The molecule has 0 bridgehead atoms. The number of rotatable bonds is 7. The van der Waals surface area contributed by atoms with Crippen LogP contribution in [0.15, 0.2) is 24.4 Å².